The minimum Gasteiger partial charge on any atom is -0.476 e. The van der Waals surface area contributed by atoms with Crippen LogP contribution in [0.2, 0.25) is 0 Å². The Morgan fingerprint density at radius 2 is 1.80 bits per heavy atom. The number of benzene rings is 1. The molecule has 3 nitrogen and oxygen atoms in total. The largest absolute Gasteiger partial charge is 0.476 e. The summed E-state index contributed by atoms with van der Waals surface area (Å²) in [5, 5.41) is 3.12. The summed E-state index contributed by atoms with van der Waals surface area (Å²) in [5.74, 6) is 0.174. The van der Waals surface area contributed by atoms with Crippen molar-refractivity contribution >= 4 is 5.69 Å². The van der Waals surface area contributed by atoms with Gasteiger partial charge < -0.3 is 10.1 Å². The average molecular weight is 282 g/mol. The van der Waals surface area contributed by atoms with Crippen molar-refractivity contribution < 1.29 is 17.9 Å². The van der Waals surface area contributed by atoms with E-state index in [0.29, 0.717) is 13.2 Å². The molecule has 0 bridgehead atoms. The molecular weight excluding hydrogens is 269 g/mol. The van der Waals surface area contributed by atoms with Crippen molar-refractivity contribution in [3.05, 3.63) is 54.2 Å². The lowest BCUT2D eigenvalue weighted by Gasteiger charge is -2.09. The standard InChI is InChI=1S/C14H13F3N2O/c15-14(16,17)11-6-7-13(19-10-11)20-9-8-18-12-4-2-1-3-5-12/h1-7,10,18H,8-9H2. The predicted octanol–water partition coefficient (Wildman–Crippen LogP) is 3.59. The molecule has 20 heavy (non-hydrogen) atoms. The van der Waals surface area contributed by atoms with Crippen LogP contribution in [0.1, 0.15) is 5.56 Å². The van der Waals surface area contributed by atoms with Crippen LogP contribution in [-0.4, -0.2) is 18.1 Å². The predicted molar refractivity (Wildman–Crippen MR) is 69.7 cm³/mol. The number of ether oxygens (including phenoxy) is 1. The number of pyridine rings is 1. The van der Waals surface area contributed by atoms with Crippen molar-refractivity contribution in [2.24, 2.45) is 0 Å². The van der Waals surface area contributed by atoms with E-state index in [4.69, 9.17) is 4.74 Å². The maximum Gasteiger partial charge on any atom is 0.417 e. The van der Waals surface area contributed by atoms with E-state index in [9.17, 15) is 13.2 Å². The van der Waals surface area contributed by atoms with Crippen LogP contribution < -0.4 is 10.1 Å². The molecule has 0 unspecified atom stereocenters. The molecule has 0 fully saturated rings. The summed E-state index contributed by atoms with van der Waals surface area (Å²) in [6, 6.07) is 11.7. The molecule has 1 aromatic heterocycles. The van der Waals surface area contributed by atoms with Crippen LogP contribution in [0, 0.1) is 0 Å². The van der Waals surface area contributed by atoms with Gasteiger partial charge in [-0.15, -0.1) is 0 Å². The second kappa shape index (κ2) is 6.27. The van der Waals surface area contributed by atoms with Gasteiger partial charge in [-0.2, -0.15) is 13.2 Å². The van der Waals surface area contributed by atoms with E-state index < -0.39 is 11.7 Å². The first-order chi connectivity index (χ1) is 9.55. The number of nitrogens with zero attached hydrogens (tertiary/aromatic N) is 1. The second-order valence-corrected chi connectivity index (χ2v) is 4.02. The van der Waals surface area contributed by atoms with Crippen LogP contribution in [-0.2, 0) is 6.18 Å². The first kappa shape index (κ1) is 14.2. The summed E-state index contributed by atoms with van der Waals surface area (Å²) in [6.45, 7) is 0.847. The molecule has 0 atom stereocenters. The van der Waals surface area contributed by atoms with Crippen molar-refractivity contribution in [3.8, 4) is 5.88 Å². The summed E-state index contributed by atoms with van der Waals surface area (Å²) in [4.78, 5) is 3.62. The number of anilines is 1. The number of para-hydroxylation sites is 1. The molecule has 106 valence electrons. The zero-order valence-electron chi connectivity index (χ0n) is 10.5. The van der Waals surface area contributed by atoms with Crippen molar-refractivity contribution in [1.82, 2.24) is 4.98 Å². The zero-order valence-corrected chi connectivity index (χ0v) is 10.5. The van der Waals surface area contributed by atoms with Gasteiger partial charge in [0.2, 0.25) is 5.88 Å². The molecule has 0 spiro atoms. The molecule has 0 aliphatic heterocycles. The summed E-state index contributed by atoms with van der Waals surface area (Å²) < 4.78 is 42.2. The van der Waals surface area contributed by atoms with Crippen molar-refractivity contribution in [2.45, 2.75) is 6.18 Å². The molecule has 0 saturated heterocycles. The van der Waals surface area contributed by atoms with E-state index in [1.54, 1.807) is 0 Å². The molecule has 2 aromatic rings. The highest BCUT2D eigenvalue weighted by atomic mass is 19.4. The smallest absolute Gasteiger partial charge is 0.417 e. The van der Waals surface area contributed by atoms with Gasteiger partial charge in [-0.1, -0.05) is 18.2 Å². The van der Waals surface area contributed by atoms with Gasteiger partial charge in [0.15, 0.2) is 0 Å². The lowest BCUT2D eigenvalue weighted by molar-refractivity contribution is -0.137. The van der Waals surface area contributed by atoms with Crippen LogP contribution in [0.5, 0.6) is 5.88 Å². The number of nitrogens with one attached hydrogen (secondary N) is 1. The topological polar surface area (TPSA) is 34.1 Å². The van der Waals surface area contributed by atoms with Gasteiger partial charge in [-0.05, 0) is 18.2 Å². The monoisotopic (exact) mass is 282 g/mol. The van der Waals surface area contributed by atoms with E-state index in [1.165, 1.54) is 6.07 Å². The molecule has 0 radical (unpaired) electrons. The molecule has 1 N–H and O–H groups in total. The lowest BCUT2D eigenvalue weighted by atomic mass is 10.3. The van der Waals surface area contributed by atoms with Gasteiger partial charge >= 0.3 is 6.18 Å². The highest BCUT2D eigenvalue weighted by molar-refractivity contribution is 5.42. The summed E-state index contributed by atoms with van der Waals surface area (Å²) in [5.41, 5.74) is 0.170. The van der Waals surface area contributed by atoms with Gasteiger partial charge in [0.1, 0.15) is 6.61 Å². The molecule has 0 saturated carbocycles. The highest BCUT2D eigenvalue weighted by Crippen LogP contribution is 2.29. The number of halogens is 3. The summed E-state index contributed by atoms with van der Waals surface area (Å²) in [7, 11) is 0. The van der Waals surface area contributed by atoms with Crippen molar-refractivity contribution in [3.63, 3.8) is 0 Å². The molecule has 1 heterocycles. The van der Waals surface area contributed by atoms with Gasteiger partial charge in [0.25, 0.3) is 0 Å². The van der Waals surface area contributed by atoms with Gasteiger partial charge in [-0.3, -0.25) is 0 Å². The Labute approximate surface area is 114 Å². The van der Waals surface area contributed by atoms with Crippen LogP contribution in [0.25, 0.3) is 0 Å². The average Bonchev–Trinajstić information content (AvgIpc) is 2.44. The highest BCUT2D eigenvalue weighted by Gasteiger charge is 2.30. The SMILES string of the molecule is FC(F)(F)c1ccc(OCCNc2ccccc2)nc1. The van der Waals surface area contributed by atoms with Gasteiger partial charge in [0, 0.05) is 24.5 Å². The van der Waals surface area contributed by atoms with Gasteiger partial charge in [0.05, 0.1) is 5.56 Å². The Hall–Kier alpha value is -2.24. The number of hydrogen-bond acceptors (Lipinski definition) is 3. The normalized spacial score (nSPS) is 11.2. The van der Waals surface area contributed by atoms with Crippen LogP contribution >= 0.6 is 0 Å². The van der Waals surface area contributed by atoms with E-state index in [1.807, 2.05) is 30.3 Å². The van der Waals surface area contributed by atoms with E-state index >= 15 is 0 Å². The molecule has 1 aromatic carbocycles. The summed E-state index contributed by atoms with van der Waals surface area (Å²) >= 11 is 0. The van der Waals surface area contributed by atoms with Gasteiger partial charge in [-0.25, -0.2) is 4.98 Å². The quantitative estimate of drug-likeness (QED) is 0.851. The Kier molecular flexibility index (Phi) is 4.45. The molecule has 0 aliphatic rings. The number of alkyl halides is 3. The summed E-state index contributed by atoms with van der Waals surface area (Å²) in [6.07, 6.45) is -3.61. The van der Waals surface area contributed by atoms with E-state index in [-0.39, 0.29) is 5.88 Å². The fourth-order valence-electron chi connectivity index (χ4n) is 1.54. The number of hydrogen-bond donors (Lipinski definition) is 1. The Bertz CT molecular complexity index is 526. The van der Waals surface area contributed by atoms with Crippen LogP contribution in [0.3, 0.4) is 0 Å². The molecular formula is C14H13F3N2O. The minimum atomic E-state index is -4.37. The molecule has 2 rings (SSSR count). The van der Waals surface area contributed by atoms with Crippen LogP contribution in [0.4, 0.5) is 18.9 Å². The molecule has 0 amide bonds. The van der Waals surface area contributed by atoms with Crippen molar-refractivity contribution in [1.29, 1.82) is 0 Å². The van der Waals surface area contributed by atoms with Crippen molar-refractivity contribution in [2.75, 3.05) is 18.5 Å². The molecule has 6 heteroatoms. The van der Waals surface area contributed by atoms with Crippen LogP contribution in [0.15, 0.2) is 48.7 Å². The minimum absolute atomic E-state index is 0.174. The first-order valence-electron chi connectivity index (χ1n) is 6.01. The fraction of sp³-hybridized carbons (Fsp3) is 0.214. The zero-order chi connectivity index (χ0) is 14.4. The van der Waals surface area contributed by atoms with E-state index in [0.717, 1.165) is 18.0 Å². The maximum atomic E-state index is 12.3. The third-order valence-electron chi connectivity index (χ3n) is 2.52. The lowest BCUT2D eigenvalue weighted by Crippen LogP contribution is -2.12. The number of rotatable bonds is 5. The maximum absolute atomic E-state index is 12.3. The fourth-order valence-corrected chi connectivity index (χ4v) is 1.54. The van der Waals surface area contributed by atoms with E-state index in [2.05, 4.69) is 10.3 Å². The first-order valence-corrected chi connectivity index (χ1v) is 6.01. The Balaban J connectivity index is 1.77. The number of aromatic nitrogens is 1. The third kappa shape index (κ3) is 4.15. The Morgan fingerprint density at radius 1 is 1.05 bits per heavy atom. The third-order valence-corrected chi connectivity index (χ3v) is 2.52. The molecule has 0 aliphatic carbocycles. The Morgan fingerprint density at radius 3 is 2.40 bits per heavy atom. The second-order valence-electron chi connectivity index (χ2n) is 4.02.